The maximum atomic E-state index is 10.9. The molecule has 0 bridgehead atoms. The van der Waals surface area contributed by atoms with E-state index in [1.165, 1.54) is 0 Å². The number of carbonyl (C=O) groups is 1. The Kier molecular flexibility index (Phi) is 4.52. The fraction of sp³-hybridized carbons (Fsp3) is 0.462. The van der Waals surface area contributed by atoms with E-state index < -0.39 is 11.4 Å². The van der Waals surface area contributed by atoms with Gasteiger partial charge in [0.1, 0.15) is 5.75 Å². The van der Waals surface area contributed by atoms with E-state index >= 15 is 0 Å². The number of para-hydroxylation sites is 1. The largest absolute Gasteiger partial charge is 0.496 e. The minimum atomic E-state index is -0.873. The molecule has 0 fully saturated rings. The Morgan fingerprint density at radius 3 is 2.59 bits per heavy atom. The zero-order chi connectivity index (χ0) is 12.9. The molecule has 0 aliphatic heterocycles. The third-order valence-corrected chi connectivity index (χ3v) is 2.49. The number of benzene rings is 1. The van der Waals surface area contributed by atoms with Crippen LogP contribution in [0.15, 0.2) is 24.3 Å². The van der Waals surface area contributed by atoms with Crippen LogP contribution in [0.3, 0.4) is 0 Å². The van der Waals surface area contributed by atoms with Crippen molar-refractivity contribution < 1.29 is 19.4 Å². The molecular formula is C13H18O4. The van der Waals surface area contributed by atoms with E-state index in [0.29, 0.717) is 6.61 Å². The Labute approximate surface area is 101 Å². The van der Waals surface area contributed by atoms with Crippen molar-refractivity contribution in [2.45, 2.75) is 20.5 Å². The number of hydrogen-bond acceptors (Lipinski definition) is 3. The van der Waals surface area contributed by atoms with Crippen LogP contribution in [-0.2, 0) is 16.1 Å². The molecule has 17 heavy (non-hydrogen) atoms. The lowest BCUT2D eigenvalue weighted by molar-refractivity contribution is -0.150. The van der Waals surface area contributed by atoms with Crippen LogP contribution < -0.4 is 4.74 Å². The molecule has 0 atom stereocenters. The van der Waals surface area contributed by atoms with Crippen LogP contribution in [0.2, 0.25) is 0 Å². The van der Waals surface area contributed by atoms with E-state index in [4.69, 9.17) is 14.6 Å². The van der Waals surface area contributed by atoms with Crippen LogP contribution in [0.25, 0.3) is 0 Å². The van der Waals surface area contributed by atoms with Gasteiger partial charge >= 0.3 is 5.97 Å². The van der Waals surface area contributed by atoms with Crippen LogP contribution in [0.5, 0.6) is 5.75 Å². The summed E-state index contributed by atoms with van der Waals surface area (Å²) in [6.07, 6.45) is 0. The number of ether oxygens (including phenoxy) is 2. The van der Waals surface area contributed by atoms with Crippen molar-refractivity contribution in [1.82, 2.24) is 0 Å². The Bertz CT molecular complexity index is 385. The van der Waals surface area contributed by atoms with Gasteiger partial charge in [-0.15, -0.1) is 0 Å². The highest BCUT2D eigenvalue weighted by molar-refractivity contribution is 5.73. The van der Waals surface area contributed by atoms with E-state index in [0.717, 1.165) is 11.3 Å². The SMILES string of the molecule is COc1ccccc1COCC(C)(C)C(=O)O. The van der Waals surface area contributed by atoms with Gasteiger partial charge in [0.2, 0.25) is 0 Å². The molecule has 0 aliphatic rings. The fourth-order valence-electron chi connectivity index (χ4n) is 1.30. The summed E-state index contributed by atoms with van der Waals surface area (Å²) in [5.74, 6) is -0.113. The van der Waals surface area contributed by atoms with Gasteiger partial charge in [0.25, 0.3) is 0 Å². The lowest BCUT2D eigenvalue weighted by atomic mass is 9.95. The minimum Gasteiger partial charge on any atom is -0.496 e. The Morgan fingerprint density at radius 1 is 1.35 bits per heavy atom. The van der Waals surface area contributed by atoms with E-state index in [2.05, 4.69) is 0 Å². The van der Waals surface area contributed by atoms with Crippen LogP contribution in [0, 0.1) is 5.41 Å². The molecule has 1 aromatic rings. The number of carboxylic acids is 1. The third-order valence-electron chi connectivity index (χ3n) is 2.49. The van der Waals surface area contributed by atoms with Gasteiger partial charge in [-0.3, -0.25) is 4.79 Å². The first-order valence-corrected chi connectivity index (χ1v) is 5.40. The Hall–Kier alpha value is -1.55. The van der Waals surface area contributed by atoms with Crippen molar-refractivity contribution in [3.63, 3.8) is 0 Å². The van der Waals surface area contributed by atoms with Crippen molar-refractivity contribution in [3.8, 4) is 5.75 Å². The minimum absolute atomic E-state index is 0.167. The molecule has 0 spiro atoms. The quantitative estimate of drug-likeness (QED) is 0.826. The second-order valence-corrected chi connectivity index (χ2v) is 4.49. The maximum absolute atomic E-state index is 10.9. The molecule has 0 radical (unpaired) electrons. The second-order valence-electron chi connectivity index (χ2n) is 4.49. The van der Waals surface area contributed by atoms with Gasteiger partial charge < -0.3 is 14.6 Å². The Balaban J connectivity index is 2.54. The summed E-state index contributed by atoms with van der Waals surface area (Å²) in [5, 5.41) is 8.93. The predicted octanol–water partition coefficient (Wildman–Crippen LogP) is 2.32. The summed E-state index contributed by atoms with van der Waals surface area (Å²) in [7, 11) is 1.60. The van der Waals surface area contributed by atoms with Gasteiger partial charge in [-0.2, -0.15) is 0 Å². The lowest BCUT2D eigenvalue weighted by Gasteiger charge is -2.19. The molecule has 0 aromatic heterocycles. The standard InChI is InChI=1S/C13H18O4/c1-13(2,12(14)15)9-17-8-10-6-4-5-7-11(10)16-3/h4-7H,8-9H2,1-3H3,(H,14,15). The average molecular weight is 238 g/mol. The molecule has 4 heteroatoms. The molecule has 1 N–H and O–H groups in total. The van der Waals surface area contributed by atoms with Crippen molar-refractivity contribution in [2.75, 3.05) is 13.7 Å². The zero-order valence-corrected chi connectivity index (χ0v) is 10.4. The molecule has 0 heterocycles. The maximum Gasteiger partial charge on any atom is 0.311 e. The number of hydrogen-bond donors (Lipinski definition) is 1. The molecular weight excluding hydrogens is 220 g/mol. The van der Waals surface area contributed by atoms with Crippen molar-refractivity contribution >= 4 is 5.97 Å². The number of rotatable bonds is 6. The highest BCUT2D eigenvalue weighted by Crippen LogP contribution is 2.20. The molecule has 0 aliphatic carbocycles. The summed E-state index contributed by atoms with van der Waals surface area (Å²) in [5.41, 5.74) is 0.0401. The average Bonchev–Trinajstić information content (AvgIpc) is 2.29. The van der Waals surface area contributed by atoms with Crippen LogP contribution in [0.4, 0.5) is 0 Å². The first-order chi connectivity index (χ1) is 7.97. The van der Waals surface area contributed by atoms with Gasteiger partial charge in [0, 0.05) is 5.56 Å². The van der Waals surface area contributed by atoms with Crippen molar-refractivity contribution in [3.05, 3.63) is 29.8 Å². The first-order valence-electron chi connectivity index (χ1n) is 5.40. The fourth-order valence-corrected chi connectivity index (χ4v) is 1.30. The first kappa shape index (κ1) is 13.5. The smallest absolute Gasteiger partial charge is 0.311 e. The van der Waals surface area contributed by atoms with E-state index in [9.17, 15) is 4.79 Å². The summed E-state index contributed by atoms with van der Waals surface area (Å²) < 4.78 is 10.6. The molecule has 1 aromatic carbocycles. The normalized spacial score (nSPS) is 11.2. The lowest BCUT2D eigenvalue weighted by Crippen LogP contribution is -2.29. The predicted molar refractivity (Wildman–Crippen MR) is 64.1 cm³/mol. The zero-order valence-electron chi connectivity index (χ0n) is 10.4. The second kappa shape index (κ2) is 5.68. The highest BCUT2D eigenvalue weighted by Gasteiger charge is 2.27. The molecule has 0 unspecified atom stereocenters. The highest BCUT2D eigenvalue weighted by atomic mass is 16.5. The van der Waals surface area contributed by atoms with E-state index in [1.54, 1.807) is 21.0 Å². The molecule has 0 saturated heterocycles. The topological polar surface area (TPSA) is 55.8 Å². The molecule has 0 amide bonds. The third kappa shape index (κ3) is 3.75. The molecule has 1 rings (SSSR count). The van der Waals surface area contributed by atoms with Crippen LogP contribution >= 0.6 is 0 Å². The van der Waals surface area contributed by atoms with Gasteiger partial charge in [-0.1, -0.05) is 18.2 Å². The van der Waals surface area contributed by atoms with Gasteiger partial charge in [0.05, 0.1) is 25.7 Å². The Morgan fingerprint density at radius 2 is 2.00 bits per heavy atom. The van der Waals surface area contributed by atoms with E-state index in [1.807, 2.05) is 24.3 Å². The number of aliphatic carboxylic acids is 1. The monoisotopic (exact) mass is 238 g/mol. The summed E-state index contributed by atoms with van der Waals surface area (Å²) >= 11 is 0. The molecule has 94 valence electrons. The van der Waals surface area contributed by atoms with Gasteiger partial charge in [0.15, 0.2) is 0 Å². The van der Waals surface area contributed by atoms with E-state index in [-0.39, 0.29) is 6.61 Å². The molecule has 4 nitrogen and oxygen atoms in total. The van der Waals surface area contributed by atoms with Crippen LogP contribution in [0.1, 0.15) is 19.4 Å². The summed E-state index contributed by atoms with van der Waals surface area (Å²) in [4.78, 5) is 10.9. The van der Waals surface area contributed by atoms with Gasteiger partial charge in [-0.05, 0) is 19.9 Å². The van der Waals surface area contributed by atoms with Crippen LogP contribution in [-0.4, -0.2) is 24.8 Å². The molecule has 0 saturated carbocycles. The van der Waals surface area contributed by atoms with Crippen molar-refractivity contribution in [1.29, 1.82) is 0 Å². The number of carboxylic acid groups (broad SMARTS) is 1. The van der Waals surface area contributed by atoms with Gasteiger partial charge in [-0.25, -0.2) is 0 Å². The van der Waals surface area contributed by atoms with Crippen molar-refractivity contribution in [2.24, 2.45) is 5.41 Å². The number of methoxy groups -OCH3 is 1. The summed E-state index contributed by atoms with van der Waals surface area (Å²) in [6.45, 7) is 3.79. The summed E-state index contributed by atoms with van der Waals surface area (Å²) in [6, 6.07) is 7.51.